The van der Waals surface area contributed by atoms with Crippen molar-refractivity contribution < 1.29 is 0 Å². The lowest BCUT2D eigenvalue weighted by Gasteiger charge is -2.38. The molecule has 0 saturated carbocycles. The van der Waals surface area contributed by atoms with Crippen LogP contribution in [-0.4, -0.2) is 48.2 Å². The highest BCUT2D eigenvalue weighted by Gasteiger charge is 2.24. The number of nitriles is 1. The number of benzene rings is 1. The summed E-state index contributed by atoms with van der Waals surface area (Å²) >= 11 is 6.18. The Balaban J connectivity index is 1.63. The molecule has 1 aromatic carbocycles. The Morgan fingerprint density at radius 2 is 1.81 bits per heavy atom. The second kappa shape index (κ2) is 7.25. The number of hydrogen-bond donors (Lipinski definition) is 1. The summed E-state index contributed by atoms with van der Waals surface area (Å²) in [6.45, 7) is 3.08. The zero-order valence-electron chi connectivity index (χ0n) is 14.9. The fourth-order valence-corrected chi connectivity index (χ4v) is 3.72. The van der Waals surface area contributed by atoms with Gasteiger partial charge in [-0.05, 0) is 6.07 Å². The number of aromatic nitrogens is 3. The second-order valence-corrected chi connectivity index (χ2v) is 6.59. The van der Waals surface area contributed by atoms with Crippen molar-refractivity contribution in [1.82, 2.24) is 15.0 Å². The molecule has 0 aliphatic carbocycles. The van der Waals surface area contributed by atoms with Gasteiger partial charge in [-0.15, -0.1) is 0 Å². The van der Waals surface area contributed by atoms with Crippen LogP contribution in [0.1, 0.15) is 5.56 Å². The molecule has 4 rings (SSSR count). The van der Waals surface area contributed by atoms with Crippen molar-refractivity contribution in [3.8, 4) is 6.07 Å². The van der Waals surface area contributed by atoms with Crippen molar-refractivity contribution in [2.75, 3.05) is 48.3 Å². The highest BCUT2D eigenvalue weighted by molar-refractivity contribution is 6.32. The summed E-state index contributed by atoms with van der Waals surface area (Å²) in [7, 11) is 1.81. The largest absolute Gasteiger partial charge is 0.383 e. The monoisotopic (exact) mass is 379 g/mol. The molecule has 0 bridgehead atoms. The van der Waals surface area contributed by atoms with Gasteiger partial charge in [-0.25, -0.2) is 9.97 Å². The van der Waals surface area contributed by atoms with Gasteiger partial charge >= 0.3 is 0 Å². The Morgan fingerprint density at radius 3 is 2.56 bits per heavy atom. The SMILES string of the molecule is CNc1c(Cl)ncnc1N1CCN(c2c(C#N)cnc3ccccc23)CC1. The molecule has 1 saturated heterocycles. The molecule has 0 atom stereocenters. The van der Waals surface area contributed by atoms with Crippen LogP contribution >= 0.6 is 11.6 Å². The van der Waals surface area contributed by atoms with Crippen molar-refractivity contribution in [2.45, 2.75) is 0 Å². The lowest BCUT2D eigenvalue weighted by molar-refractivity contribution is 0.648. The van der Waals surface area contributed by atoms with E-state index in [2.05, 4.69) is 36.1 Å². The van der Waals surface area contributed by atoms with Crippen LogP contribution in [-0.2, 0) is 0 Å². The van der Waals surface area contributed by atoms with Crippen LogP contribution in [0.4, 0.5) is 17.2 Å². The van der Waals surface area contributed by atoms with Gasteiger partial charge in [-0.3, -0.25) is 4.98 Å². The summed E-state index contributed by atoms with van der Waals surface area (Å²) in [5.74, 6) is 0.803. The fraction of sp³-hybridized carbons (Fsp3) is 0.263. The zero-order valence-corrected chi connectivity index (χ0v) is 15.6. The third-order valence-corrected chi connectivity index (χ3v) is 5.08. The van der Waals surface area contributed by atoms with Gasteiger partial charge < -0.3 is 15.1 Å². The number of halogens is 1. The summed E-state index contributed by atoms with van der Waals surface area (Å²) in [5, 5.41) is 14.1. The van der Waals surface area contributed by atoms with E-state index in [1.165, 1.54) is 6.33 Å². The Labute approximate surface area is 162 Å². The number of piperazine rings is 1. The summed E-state index contributed by atoms with van der Waals surface area (Å²) < 4.78 is 0. The quantitative estimate of drug-likeness (QED) is 0.700. The smallest absolute Gasteiger partial charge is 0.157 e. The van der Waals surface area contributed by atoms with Gasteiger partial charge in [-0.1, -0.05) is 29.8 Å². The van der Waals surface area contributed by atoms with Crippen LogP contribution in [0.15, 0.2) is 36.8 Å². The zero-order chi connectivity index (χ0) is 18.8. The fourth-order valence-electron chi connectivity index (χ4n) is 3.50. The number of fused-ring (bicyclic) bond motifs is 1. The van der Waals surface area contributed by atoms with Gasteiger partial charge in [-0.2, -0.15) is 5.26 Å². The molecule has 8 heteroatoms. The van der Waals surface area contributed by atoms with Crippen molar-refractivity contribution >= 4 is 39.7 Å². The molecule has 27 heavy (non-hydrogen) atoms. The highest BCUT2D eigenvalue weighted by Crippen LogP contribution is 2.33. The molecule has 0 amide bonds. The summed E-state index contributed by atoms with van der Waals surface area (Å²) in [6.07, 6.45) is 3.14. The van der Waals surface area contributed by atoms with Gasteiger partial charge in [0.25, 0.3) is 0 Å². The van der Waals surface area contributed by atoms with E-state index in [1.807, 2.05) is 31.3 Å². The van der Waals surface area contributed by atoms with E-state index in [0.717, 1.165) is 54.3 Å². The average Bonchev–Trinajstić information content (AvgIpc) is 2.73. The third kappa shape index (κ3) is 3.09. The predicted octanol–water partition coefficient (Wildman–Crippen LogP) is 2.92. The number of rotatable bonds is 3. The van der Waals surface area contributed by atoms with Crippen molar-refractivity contribution in [1.29, 1.82) is 5.26 Å². The normalized spacial score (nSPS) is 14.3. The first-order valence-electron chi connectivity index (χ1n) is 8.69. The van der Waals surface area contributed by atoms with Crippen molar-refractivity contribution in [2.24, 2.45) is 0 Å². The highest BCUT2D eigenvalue weighted by atomic mass is 35.5. The minimum absolute atomic E-state index is 0.414. The van der Waals surface area contributed by atoms with E-state index in [4.69, 9.17) is 11.6 Å². The van der Waals surface area contributed by atoms with Crippen molar-refractivity contribution in [3.05, 3.63) is 47.5 Å². The van der Waals surface area contributed by atoms with E-state index in [0.29, 0.717) is 10.7 Å². The second-order valence-electron chi connectivity index (χ2n) is 6.24. The van der Waals surface area contributed by atoms with Crippen LogP contribution < -0.4 is 15.1 Å². The van der Waals surface area contributed by atoms with Gasteiger partial charge in [0.15, 0.2) is 11.0 Å². The van der Waals surface area contributed by atoms with Crippen LogP contribution in [0.3, 0.4) is 0 Å². The minimum Gasteiger partial charge on any atom is -0.383 e. The van der Waals surface area contributed by atoms with Gasteiger partial charge in [0.05, 0.1) is 16.8 Å². The molecular weight excluding hydrogens is 362 g/mol. The number of nitrogens with one attached hydrogen (secondary N) is 1. The van der Waals surface area contributed by atoms with E-state index in [-0.39, 0.29) is 0 Å². The molecule has 2 aromatic heterocycles. The molecule has 136 valence electrons. The molecule has 3 heterocycles. The molecule has 0 spiro atoms. The molecule has 1 aliphatic heterocycles. The van der Waals surface area contributed by atoms with Gasteiger partial charge in [0.2, 0.25) is 0 Å². The first-order chi connectivity index (χ1) is 13.2. The Morgan fingerprint density at radius 1 is 1.07 bits per heavy atom. The average molecular weight is 380 g/mol. The van der Waals surface area contributed by atoms with Crippen LogP contribution in [0, 0.1) is 11.3 Å². The Bertz CT molecular complexity index is 1020. The lowest BCUT2D eigenvalue weighted by atomic mass is 10.1. The van der Waals surface area contributed by atoms with Crippen molar-refractivity contribution in [3.63, 3.8) is 0 Å². The van der Waals surface area contributed by atoms with E-state index >= 15 is 0 Å². The van der Waals surface area contributed by atoms with Crippen LogP contribution in [0.5, 0.6) is 0 Å². The summed E-state index contributed by atoms with van der Waals surface area (Å²) in [4.78, 5) is 17.3. The summed E-state index contributed by atoms with van der Waals surface area (Å²) in [6, 6.07) is 10.2. The molecule has 3 aromatic rings. The van der Waals surface area contributed by atoms with Crippen LogP contribution in [0.25, 0.3) is 10.9 Å². The van der Waals surface area contributed by atoms with Crippen LogP contribution in [0.2, 0.25) is 5.15 Å². The molecular formula is C19H18ClN7. The maximum absolute atomic E-state index is 9.57. The maximum Gasteiger partial charge on any atom is 0.157 e. The molecule has 1 N–H and O–H groups in total. The Kier molecular flexibility index (Phi) is 4.65. The summed E-state index contributed by atoms with van der Waals surface area (Å²) in [5.41, 5.74) is 3.19. The first kappa shape index (κ1) is 17.3. The van der Waals surface area contributed by atoms with Gasteiger partial charge in [0.1, 0.15) is 18.1 Å². The third-order valence-electron chi connectivity index (χ3n) is 4.79. The van der Waals surface area contributed by atoms with E-state index in [9.17, 15) is 5.26 Å². The lowest BCUT2D eigenvalue weighted by Crippen LogP contribution is -2.47. The van der Waals surface area contributed by atoms with Gasteiger partial charge in [0, 0.05) is 44.8 Å². The Hall–Kier alpha value is -3.11. The van der Waals surface area contributed by atoms with E-state index in [1.54, 1.807) is 6.20 Å². The predicted molar refractivity (Wildman–Crippen MR) is 107 cm³/mol. The van der Waals surface area contributed by atoms with E-state index < -0.39 is 0 Å². The maximum atomic E-state index is 9.57. The number of para-hydroxylation sites is 1. The molecule has 0 unspecified atom stereocenters. The first-order valence-corrected chi connectivity index (χ1v) is 9.06. The molecule has 0 radical (unpaired) electrons. The molecule has 1 fully saturated rings. The standard InChI is InChI=1S/C19H18ClN7/c1-22-16-18(20)24-12-25-19(16)27-8-6-26(7-9-27)17-13(10-21)11-23-15-5-3-2-4-14(15)17/h2-5,11-12,22H,6-9H2,1H3. The number of hydrogen-bond acceptors (Lipinski definition) is 7. The number of nitrogens with zero attached hydrogens (tertiary/aromatic N) is 6. The number of anilines is 3. The molecule has 1 aliphatic rings. The minimum atomic E-state index is 0.414. The molecule has 7 nitrogen and oxygen atoms in total. The number of pyridine rings is 1. The topological polar surface area (TPSA) is 81.0 Å².